The first-order valence-corrected chi connectivity index (χ1v) is 8.96. The van der Waals surface area contributed by atoms with E-state index in [0.29, 0.717) is 6.61 Å². The molecule has 0 aromatic heterocycles. The Hall–Kier alpha value is -1.16. The Morgan fingerprint density at radius 2 is 1.96 bits per heavy atom. The van der Waals surface area contributed by atoms with Gasteiger partial charge in [-0.1, -0.05) is 62.2 Å². The molecule has 0 unspecified atom stereocenters. The van der Waals surface area contributed by atoms with Gasteiger partial charge in [-0.2, -0.15) is 5.48 Å². The summed E-state index contributed by atoms with van der Waals surface area (Å²) in [6.45, 7) is 4.76. The van der Waals surface area contributed by atoms with E-state index in [1.165, 1.54) is 0 Å². The second-order valence-corrected chi connectivity index (χ2v) is 6.12. The molecule has 0 spiro atoms. The Labute approximate surface area is 141 Å². The number of aliphatic hydroxyl groups excluding tert-OH is 1. The molecule has 0 radical (unpaired) electrons. The minimum absolute atomic E-state index is 0.204. The maximum absolute atomic E-state index is 10.2. The van der Waals surface area contributed by atoms with Gasteiger partial charge in [-0.05, 0) is 44.6 Å². The summed E-state index contributed by atoms with van der Waals surface area (Å²) in [6.07, 6.45) is 11.1. The van der Waals surface area contributed by atoms with E-state index < -0.39 is 0 Å². The number of hydrogen-bond acceptors (Lipinski definition) is 3. The van der Waals surface area contributed by atoms with E-state index in [9.17, 15) is 5.11 Å². The molecule has 1 rings (SSSR count). The van der Waals surface area contributed by atoms with Crippen LogP contribution in [0, 0.1) is 0 Å². The zero-order chi connectivity index (χ0) is 16.8. The average molecular weight is 319 g/mol. The highest BCUT2D eigenvalue weighted by molar-refractivity contribution is 5.13. The molecule has 1 aromatic rings. The molecule has 0 fully saturated rings. The first-order valence-electron chi connectivity index (χ1n) is 8.96. The molecule has 2 atom stereocenters. The van der Waals surface area contributed by atoms with Crippen LogP contribution in [-0.2, 0) is 11.4 Å². The predicted molar refractivity (Wildman–Crippen MR) is 97.0 cm³/mol. The van der Waals surface area contributed by atoms with Crippen LogP contribution in [0.25, 0.3) is 0 Å². The molecule has 0 bridgehead atoms. The zero-order valence-electron chi connectivity index (χ0n) is 14.7. The number of benzene rings is 1. The summed E-state index contributed by atoms with van der Waals surface area (Å²) < 4.78 is 0. The van der Waals surface area contributed by atoms with Gasteiger partial charge in [0, 0.05) is 6.04 Å². The van der Waals surface area contributed by atoms with Crippen molar-refractivity contribution in [3.63, 3.8) is 0 Å². The van der Waals surface area contributed by atoms with Crippen LogP contribution < -0.4 is 5.48 Å². The molecule has 23 heavy (non-hydrogen) atoms. The Kier molecular flexibility index (Phi) is 11.5. The summed E-state index contributed by atoms with van der Waals surface area (Å²) in [4.78, 5) is 5.67. The van der Waals surface area contributed by atoms with Crippen molar-refractivity contribution in [2.75, 3.05) is 0 Å². The molecule has 0 saturated carbocycles. The summed E-state index contributed by atoms with van der Waals surface area (Å²) in [5.41, 5.74) is 4.32. The second kappa shape index (κ2) is 13.3. The van der Waals surface area contributed by atoms with Gasteiger partial charge >= 0.3 is 0 Å². The lowest BCUT2D eigenvalue weighted by Gasteiger charge is -2.21. The highest BCUT2D eigenvalue weighted by Gasteiger charge is 2.14. The molecular formula is C20H33NO2. The summed E-state index contributed by atoms with van der Waals surface area (Å²) in [5.74, 6) is 0. The molecule has 0 amide bonds. The van der Waals surface area contributed by atoms with Crippen LogP contribution in [0.4, 0.5) is 0 Å². The lowest BCUT2D eigenvalue weighted by atomic mass is 10.0. The zero-order valence-corrected chi connectivity index (χ0v) is 14.7. The van der Waals surface area contributed by atoms with E-state index in [0.717, 1.165) is 50.5 Å². The molecule has 3 heteroatoms. The third-order valence-corrected chi connectivity index (χ3v) is 3.94. The maximum Gasteiger partial charge on any atom is 0.0933 e. The first kappa shape index (κ1) is 19.9. The molecule has 130 valence electrons. The largest absolute Gasteiger partial charge is 0.393 e. The minimum Gasteiger partial charge on any atom is -0.393 e. The van der Waals surface area contributed by atoms with Gasteiger partial charge in [0.25, 0.3) is 0 Å². The number of nitrogens with one attached hydrogen (secondary N) is 1. The van der Waals surface area contributed by atoms with Crippen molar-refractivity contribution in [2.24, 2.45) is 0 Å². The van der Waals surface area contributed by atoms with Crippen LogP contribution in [0.5, 0.6) is 0 Å². The quantitative estimate of drug-likeness (QED) is 0.313. The summed E-state index contributed by atoms with van der Waals surface area (Å²) >= 11 is 0. The van der Waals surface area contributed by atoms with E-state index in [4.69, 9.17) is 4.84 Å². The minimum atomic E-state index is -0.241. The highest BCUT2D eigenvalue weighted by Crippen LogP contribution is 2.13. The van der Waals surface area contributed by atoms with Gasteiger partial charge in [0.15, 0.2) is 0 Å². The molecule has 0 aliphatic carbocycles. The summed E-state index contributed by atoms with van der Waals surface area (Å²) in [5, 5.41) is 10.2. The monoisotopic (exact) mass is 319 g/mol. The topological polar surface area (TPSA) is 41.5 Å². The number of allylic oxidation sites excluding steroid dienone is 2. The van der Waals surface area contributed by atoms with Gasteiger partial charge in [0.2, 0.25) is 0 Å². The molecule has 2 N–H and O–H groups in total. The fraction of sp³-hybridized carbons (Fsp3) is 0.600. The molecule has 0 heterocycles. The number of hydrogen-bond donors (Lipinski definition) is 2. The number of unbranched alkanes of at least 4 members (excludes halogenated alkanes) is 2. The third-order valence-electron chi connectivity index (χ3n) is 3.94. The summed E-state index contributed by atoms with van der Waals surface area (Å²) in [6, 6.07) is 10.3. The van der Waals surface area contributed by atoms with Crippen LogP contribution in [0.15, 0.2) is 42.5 Å². The van der Waals surface area contributed by atoms with E-state index >= 15 is 0 Å². The fourth-order valence-corrected chi connectivity index (χ4v) is 2.58. The van der Waals surface area contributed by atoms with E-state index in [-0.39, 0.29) is 12.1 Å². The van der Waals surface area contributed by atoms with Crippen molar-refractivity contribution in [3.8, 4) is 0 Å². The Morgan fingerprint density at radius 3 is 2.65 bits per heavy atom. The smallest absolute Gasteiger partial charge is 0.0933 e. The van der Waals surface area contributed by atoms with Crippen LogP contribution in [0.1, 0.15) is 64.4 Å². The van der Waals surface area contributed by atoms with Crippen molar-refractivity contribution in [2.45, 2.75) is 77.5 Å². The van der Waals surface area contributed by atoms with Crippen molar-refractivity contribution < 1.29 is 9.94 Å². The van der Waals surface area contributed by atoms with Crippen molar-refractivity contribution >= 4 is 0 Å². The highest BCUT2D eigenvalue weighted by atomic mass is 16.6. The molecule has 0 aliphatic rings. The molecule has 0 saturated heterocycles. The average Bonchev–Trinajstić information content (AvgIpc) is 2.57. The maximum atomic E-state index is 10.2. The summed E-state index contributed by atoms with van der Waals surface area (Å²) in [7, 11) is 0. The van der Waals surface area contributed by atoms with E-state index in [2.05, 4.69) is 36.7 Å². The number of aliphatic hydroxyl groups is 1. The lowest BCUT2D eigenvalue weighted by Crippen LogP contribution is -2.33. The van der Waals surface area contributed by atoms with Gasteiger partial charge < -0.3 is 5.11 Å². The normalized spacial score (nSPS) is 14.2. The first-order chi connectivity index (χ1) is 11.3. The van der Waals surface area contributed by atoms with Gasteiger partial charge in [-0.25, -0.2) is 0 Å². The van der Waals surface area contributed by atoms with Crippen LogP contribution >= 0.6 is 0 Å². The van der Waals surface area contributed by atoms with Gasteiger partial charge in [-0.3, -0.25) is 4.84 Å². The van der Waals surface area contributed by atoms with Gasteiger partial charge in [0.1, 0.15) is 0 Å². The standard InChI is InChI=1S/C20H33NO2/c1-3-5-7-11-14-19(16-20(22)15-6-4-2)21-23-17-18-12-9-8-10-13-18/h3,5,8-10,12-13,19-22H,4,6-7,11,14-17H2,1-2H3/t19-,20-/m0/s1. The second-order valence-electron chi connectivity index (χ2n) is 6.12. The van der Waals surface area contributed by atoms with Crippen molar-refractivity contribution in [3.05, 3.63) is 48.0 Å². The number of rotatable bonds is 13. The molecule has 0 aliphatic heterocycles. The van der Waals surface area contributed by atoms with Crippen LogP contribution in [0.3, 0.4) is 0 Å². The van der Waals surface area contributed by atoms with E-state index in [1.807, 2.05) is 25.1 Å². The van der Waals surface area contributed by atoms with E-state index in [1.54, 1.807) is 0 Å². The van der Waals surface area contributed by atoms with Crippen molar-refractivity contribution in [1.29, 1.82) is 0 Å². The van der Waals surface area contributed by atoms with Crippen LogP contribution in [-0.4, -0.2) is 17.3 Å². The lowest BCUT2D eigenvalue weighted by molar-refractivity contribution is -0.0120. The molecular weight excluding hydrogens is 286 g/mol. The Balaban J connectivity index is 2.35. The Morgan fingerprint density at radius 1 is 1.17 bits per heavy atom. The van der Waals surface area contributed by atoms with Gasteiger partial charge in [0.05, 0.1) is 12.7 Å². The third kappa shape index (κ3) is 10.3. The SMILES string of the molecule is CC=CCCC[C@@H](C[C@@H](O)CCCC)NOCc1ccccc1. The fourth-order valence-electron chi connectivity index (χ4n) is 2.58. The van der Waals surface area contributed by atoms with Crippen molar-refractivity contribution in [1.82, 2.24) is 5.48 Å². The molecule has 3 nitrogen and oxygen atoms in total. The van der Waals surface area contributed by atoms with Crippen LogP contribution in [0.2, 0.25) is 0 Å². The predicted octanol–water partition coefficient (Wildman–Crippen LogP) is 4.76. The molecule has 1 aromatic carbocycles. The number of hydroxylamine groups is 1. The van der Waals surface area contributed by atoms with Gasteiger partial charge in [-0.15, -0.1) is 0 Å². The Bertz CT molecular complexity index is 405.